The average molecular weight is 386 g/mol. The quantitative estimate of drug-likeness (QED) is 0.772. The number of hydrogen-bond donors (Lipinski definition) is 1. The molecule has 0 aliphatic rings. The van der Waals surface area contributed by atoms with Crippen molar-refractivity contribution in [1.29, 1.82) is 0 Å². The van der Waals surface area contributed by atoms with Gasteiger partial charge in [-0.15, -0.1) is 0 Å². The number of nitrogens with zero attached hydrogens (tertiary/aromatic N) is 2. The van der Waals surface area contributed by atoms with Gasteiger partial charge in [-0.3, -0.25) is 9.48 Å². The highest BCUT2D eigenvalue weighted by Gasteiger charge is 2.14. The van der Waals surface area contributed by atoms with Crippen LogP contribution in [-0.2, 0) is 21.4 Å². The summed E-state index contributed by atoms with van der Waals surface area (Å²) in [4.78, 5) is 23.6. The molecular formula is C16H17Cl2N3O4. The van der Waals surface area contributed by atoms with E-state index in [-0.39, 0.29) is 11.6 Å². The number of esters is 1. The number of nitrogens with one attached hydrogen (secondary N) is 1. The highest BCUT2D eigenvalue weighted by Crippen LogP contribution is 2.27. The van der Waals surface area contributed by atoms with Gasteiger partial charge in [-0.1, -0.05) is 23.2 Å². The first-order valence-corrected chi connectivity index (χ1v) is 8.07. The second-order valence-corrected chi connectivity index (χ2v) is 6.09. The van der Waals surface area contributed by atoms with Crippen molar-refractivity contribution >= 4 is 40.8 Å². The van der Waals surface area contributed by atoms with Crippen LogP contribution in [0.4, 0.5) is 5.69 Å². The number of rotatable bonds is 6. The third-order valence-corrected chi connectivity index (χ3v) is 3.91. The fraction of sp³-hybridized carbons (Fsp3) is 0.312. The summed E-state index contributed by atoms with van der Waals surface area (Å²) in [6.45, 7) is 2.80. The van der Waals surface area contributed by atoms with Crippen molar-refractivity contribution < 1.29 is 19.1 Å². The summed E-state index contributed by atoms with van der Waals surface area (Å²) in [7, 11) is 1.78. The molecule has 0 fully saturated rings. The Hall–Kier alpha value is -2.25. The molecule has 0 saturated carbocycles. The first-order chi connectivity index (χ1) is 11.8. The van der Waals surface area contributed by atoms with Crippen molar-refractivity contribution in [2.75, 3.05) is 18.5 Å². The van der Waals surface area contributed by atoms with Gasteiger partial charge >= 0.3 is 5.97 Å². The maximum atomic E-state index is 11.9. The molecule has 1 aromatic carbocycles. The molecule has 0 atom stereocenters. The summed E-state index contributed by atoms with van der Waals surface area (Å²) >= 11 is 11.7. The third-order valence-electron chi connectivity index (χ3n) is 3.38. The van der Waals surface area contributed by atoms with E-state index in [0.29, 0.717) is 22.2 Å². The van der Waals surface area contributed by atoms with E-state index in [2.05, 4.69) is 10.4 Å². The van der Waals surface area contributed by atoms with E-state index < -0.39 is 18.5 Å². The molecular weight excluding hydrogens is 369 g/mol. The Morgan fingerprint density at radius 3 is 2.56 bits per heavy atom. The molecule has 1 amide bonds. The lowest BCUT2D eigenvalue weighted by Gasteiger charge is -2.09. The number of anilines is 1. The van der Waals surface area contributed by atoms with Crippen LogP contribution in [0.2, 0.25) is 10.0 Å². The van der Waals surface area contributed by atoms with Crippen LogP contribution in [0.25, 0.3) is 0 Å². The Bertz CT molecular complexity index is 805. The fourth-order valence-corrected chi connectivity index (χ4v) is 2.51. The lowest BCUT2D eigenvalue weighted by Crippen LogP contribution is -2.24. The van der Waals surface area contributed by atoms with Crippen molar-refractivity contribution in [1.82, 2.24) is 9.78 Å². The Morgan fingerprint density at radius 1 is 1.24 bits per heavy atom. The van der Waals surface area contributed by atoms with Crippen molar-refractivity contribution in [3.05, 3.63) is 39.6 Å². The zero-order valence-electron chi connectivity index (χ0n) is 13.9. The summed E-state index contributed by atoms with van der Waals surface area (Å²) in [6.07, 6.45) is 0. The Morgan fingerprint density at radius 2 is 1.96 bits per heavy atom. The van der Waals surface area contributed by atoms with Gasteiger partial charge in [0.2, 0.25) is 0 Å². The maximum absolute atomic E-state index is 11.9. The summed E-state index contributed by atoms with van der Waals surface area (Å²) in [5.41, 5.74) is 2.09. The highest BCUT2D eigenvalue weighted by atomic mass is 35.5. The molecule has 134 valence electrons. The SMILES string of the molecule is Cc1nn(C)c(C)c1NC(=O)COC(=O)COc1ccc(Cl)cc1Cl. The predicted molar refractivity (Wildman–Crippen MR) is 94.2 cm³/mol. The number of aryl methyl sites for hydroxylation is 2. The summed E-state index contributed by atoms with van der Waals surface area (Å²) in [5, 5.41) is 7.59. The second kappa shape index (κ2) is 8.22. The summed E-state index contributed by atoms with van der Waals surface area (Å²) in [6, 6.07) is 4.62. The molecule has 2 aromatic rings. The van der Waals surface area contributed by atoms with Gasteiger partial charge in [-0.25, -0.2) is 4.79 Å². The minimum absolute atomic E-state index is 0.278. The standard InChI is InChI=1S/C16H17Cl2N3O4/c1-9-16(10(2)21(3)20-9)19-14(22)7-25-15(23)8-24-13-5-4-11(17)6-12(13)18/h4-6H,7-8H2,1-3H3,(H,19,22). The Balaban J connectivity index is 1.80. The van der Waals surface area contributed by atoms with Crippen molar-refractivity contribution in [3.8, 4) is 5.75 Å². The molecule has 7 nitrogen and oxygen atoms in total. The monoisotopic (exact) mass is 385 g/mol. The number of halogens is 2. The van der Waals surface area contributed by atoms with Crippen molar-refractivity contribution in [2.45, 2.75) is 13.8 Å². The average Bonchev–Trinajstić information content (AvgIpc) is 2.78. The molecule has 0 spiro atoms. The predicted octanol–water partition coefficient (Wildman–Crippen LogP) is 2.90. The number of carbonyl (C=O) groups excluding carboxylic acids is 2. The third kappa shape index (κ3) is 5.11. The molecule has 25 heavy (non-hydrogen) atoms. The molecule has 9 heteroatoms. The van der Waals surface area contributed by atoms with Crippen LogP contribution >= 0.6 is 23.2 Å². The first-order valence-electron chi connectivity index (χ1n) is 7.31. The van der Waals surface area contributed by atoms with Gasteiger partial charge in [0.25, 0.3) is 5.91 Å². The van der Waals surface area contributed by atoms with Gasteiger partial charge in [0.05, 0.1) is 22.1 Å². The number of amides is 1. The van der Waals surface area contributed by atoms with Crippen LogP contribution in [0.1, 0.15) is 11.4 Å². The van der Waals surface area contributed by atoms with Crippen molar-refractivity contribution in [2.24, 2.45) is 7.05 Å². The van der Waals surface area contributed by atoms with E-state index in [4.69, 9.17) is 32.7 Å². The van der Waals surface area contributed by atoms with Crippen LogP contribution in [0.15, 0.2) is 18.2 Å². The second-order valence-electron chi connectivity index (χ2n) is 5.24. The first kappa shape index (κ1) is 19.1. The fourth-order valence-electron chi connectivity index (χ4n) is 2.05. The van der Waals surface area contributed by atoms with E-state index in [0.717, 1.165) is 5.69 Å². The van der Waals surface area contributed by atoms with Gasteiger partial charge in [-0.05, 0) is 32.0 Å². The lowest BCUT2D eigenvalue weighted by atomic mass is 10.3. The van der Waals surface area contributed by atoms with Crippen LogP contribution < -0.4 is 10.1 Å². The maximum Gasteiger partial charge on any atom is 0.344 e. The molecule has 2 rings (SSSR count). The number of carbonyl (C=O) groups is 2. The Labute approximate surface area is 154 Å². The molecule has 0 aliphatic carbocycles. The van der Waals surface area contributed by atoms with Gasteiger partial charge in [0, 0.05) is 12.1 Å². The molecule has 0 bridgehead atoms. The van der Waals surface area contributed by atoms with Crippen molar-refractivity contribution in [3.63, 3.8) is 0 Å². The topological polar surface area (TPSA) is 82.5 Å². The Kier molecular flexibility index (Phi) is 6.27. The molecule has 1 aromatic heterocycles. The zero-order valence-corrected chi connectivity index (χ0v) is 15.4. The number of benzene rings is 1. The minimum Gasteiger partial charge on any atom is -0.480 e. The summed E-state index contributed by atoms with van der Waals surface area (Å²) < 4.78 is 11.8. The van der Waals surface area contributed by atoms with Crippen LogP contribution in [0, 0.1) is 13.8 Å². The molecule has 0 saturated heterocycles. The van der Waals surface area contributed by atoms with E-state index in [1.807, 2.05) is 6.92 Å². The lowest BCUT2D eigenvalue weighted by molar-refractivity contribution is -0.149. The smallest absolute Gasteiger partial charge is 0.344 e. The van der Waals surface area contributed by atoms with Crippen LogP contribution in [0.3, 0.4) is 0 Å². The number of hydrogen-bond acceptors (Lipinski definition) is 5. The molecule has 0 radical (unpaired) electrons. The highest BCUT2D eigenvalue weighted by molar-refractivity contribution is 6.35. The largest absolute Gasteiger partial charge is 0.480 e. The molecule has 0 unspecified atom stereocenters. The van der Waals surface area contributed by atoms with E-state index in [1.54, 1.807) is 30.8 Å². The zero-order chi connectivity index (χ0) is 18.6. The van der Waals surface area contributed by atoms with Gasteiger partial charge in [-0.2, -0.15) is 5.10 Å². The van der Waals surface area contributed by atoms with E-state index in [1.165, 1.54) is 6.07 Å². The normalized spacial score (nSPS) is 10.4. The number of aromatic nitrogens is 2. The minimum atomic E-state index is -0.694. The van der Waals surface area contributed by atoms with Crippen LogP contribution in [0.5, 0.6) is 5.75 Å². The van der Waals surface area contributed by atoms with Gasteiger partial charge in [0.1, 0.15) is 5.75 Å². The van der Waals surface area contributed by atoms with E-state index in [9.17, 15) is 9.59 Å². The molecule has 1 heterocycles. The molecule has 0 aliphatic heterocycles. The number of ether oxygens (including phenoxy) is 2. The van der Waals surface area contributed by atoms with Gasteiger partial charge in [0.15, 0.2) is 13.2 Å². The summed E-state index contributed by atoms with van der Waals surface area (Å²) in [5.74, 6) is -0.855. The van der Waals surface area contributed by atoms with Crippen LogP contribution in [-0.4, -0.2) is 34.9 Å². The van der Waals surface area contributed by atoms with E-state index >= 15 is 0 Å². The molecule has 1 N–H and O–H groups in total. The van der Waals surface area contributed by atoms with Gasteiger partial charge < -0.3 is 14.8 Å².